The molecule has 0 bridgehead atoms. The molecule has 1 aliphatic heterocycles. The zero-order chi connectivity index (χ0) is 22.0. The Morgan fingerprint density at radius 3 is 2.97 bits per heavy atom. The van der Waals surface area contributed by atoms with Crippen LogP contribution in [0.4, 0.5) is 10.1 Å². The fourth-order valence-corrected chi connectivity index (χ4v) is 3.77. The number of benzene rings is 1. The van der Waals surface area contributed by atoms with Crippen LogP contribution >= 0.6 is 0 Å². The number of carbonyl (C=O) groups excluding carboxylic acids is 1. The SMILES string of the molecule is Cc1ccc(N/N=C\C=N)c(C(=O)N2CC(c3nc4ccc(F)cc4o3)CC[C@H]2C)n1. The lowest BCUT2D eigenvalue weighted by Crippen LogP contribution is -2.45. The Bertz CT molecular complexity index is 1160. The molecule has 2 N–H and O–H groups in total. The van der Waals surface area contributed by atoms with E-state index in [1.807, 2.05) is 13.8 Å². The molecule has 4 rings (SSSR count). The number of likely N-dealkylation sites (tertiary alicyclic amines) is 1. The van der Waals surface area contributed by atoms with Crippen molar-refractivity contribution >= 4 is 35.1 Å². The predicted octanol–water partition coefficient (Wildman–Crippen LogP) is 4.13. The first kappa shape index (κ1) is 20.6. The van der Waals surface area contributed by atoms with Gasteiger partial charge >= 0.3 is 0 Å². The van der Waals surface area contributed by atoms with Crippen LogP contribution in [0.25, 0.3) is 11.1 Å². The van der Waals surface area contributed by atoms with Crippen molar-refractivity contribution < 1.29 is 13.6 Å². The molecule has 2 aromatic heterocycles. The molecule has 1 amide bonds. The number of hydrogen-bond donors (Lipinski definition) is 2. The normalized spacial score (nSPS) is 19.1. The van der Waals surface area contributed by atoms with Crippen molar-refractivity contribution in [3.63, 3.8) is 0 Å². The molecule has 0 spiro atoms. The molecular formula is C22H23FN6O2. The second-order valence-electron chi connectivity index (χ2n) is 7.65. The molecule has 160 valence electrons. The number of nitrogens with one attached hydrogen (secondary N) is 2. The van der Waals surface area contributed by atoms with Gasteiger partial charge in [-0.25, -0.2) is 14.4 Å². The molecule has 1 aliphatic rings. The number of rotatable bonds is 5. The molecule has 31 heavy (non-hydrogen) atoms. The molecule has 2 atom stereocenters. The van der Waals surface area contributed by atoms with Crippen LogP contribution in [0, 0.1) is 18.2 Å². The van der Waals surface area contributed by atoms with Crippen LogP contribution in [0.3, 0.4) is 0 Å². The Balaban J connectivity index is 1.61. The smallest absolute Gasteiger partial charge is 0.274 e. The van der Waals surface area contributed by atoms with Crippen LogP contribution in [0.1, 0.15) is 47.8 Å². The highest BCUT2D eigenvalue weighted by Crippen LogP contribution is 2.33. The number of oxazole rings is 1. The van der Waals surface area contributed by atoms with Crippen molar-refractivity contribution in [3.8, 4) is 0 Å². The quantitative estimate of drug-likeness (QED) is 0.475. The lowest BCUT2D eigenvalue weighted by atomic mass is 9.93. The summed E-state index contributed by atoms with van der Waals surface area (Å²) >= 11 is 0. The minimum atomic E-state index is -0.375. The van der Waals surface area contributed by atoms with Crippen LogP contribution in [-0.2, 0) is 0 Å². The van der Waals surface area contributed by atoms with E-state index in [4.69, 9.17) is 9.83 Å². The highest BCUT2D eigenvalue weighted by molar-refractivity contribution is 6.14. The van der Waals surface area contributed by atoms with Gasteiger partial charge < -0.3 is 14.7 Å². The van der Waals surface area contributed by atoms with Crippen molar-refractivity contribution in [1.29, 1.82) is 5.41 Å². The van der Waals surface area contributed by atoms with Gasteiger partial charge in [0.25, 0.3) is 5.91 Å². The summed E-state index contributed by atoms with van der Waals surface area (Å²) in [4.78, 5) is 24.2. The van der Waals surface area contributed by atoms with Gasteiger partial charge in [-0.2, -0.15) is 5.10 Å². The van der Waals surface area contributed by atoms with Gasteiger partial charge in [-0.15, -0.1) is 0 Å². The topological polar surface area (TPSA) is 107 Å². The van der Waals surface area contributed by atoms with E-state index in [1.54, 1.807) is 23.1 Å². The van der Waals surface area contributed by atoms with E-state index in [0.29, 0.717) is 34.9 Å². The maximum absolute atomic E-state index is 13.5. The maximum Gasteiger partial charge on any atom is 0.274 e. The van der Waals surface area contributed by atoms with Crippen LogP contribution in [0.5, 0.6) is 0 Å². The predicted molar refractivity (Wildman–Crippen MR) is 116 cm³/mol. The Morgan fingerprint density at radius 2 is 2.16 bits per heavy atom. The summed E-state index contributed by atoms with van der Waals surface area (Å²) < 4.78 is 19.3. The summed E-state index contributed by atoms with van der Waals surface area (Å²) in [5.41, 5.74) is 5.25. The van der Waals surface area contributed by atoms with Crippen molar-refractivity contribution in [2.45, 2.75) is 38.6 Å². The fraction of sp³-hybridized carbons (Fsp3) is 0.318. The molecule has 0 saturated carbocycles. The third kappa shape index (κ3) is 4.30. The number of hydrogen-bond acceptors (Lipinski definition) is 7. The summed E-state index contributed by atoms with van der Waals surface area (Å²) in [7, 11) is 0. The summed E-state index contributed by atoms with van der Waals surface area (Å²) in [6, 6.07) is 7.83. The van der Waals surface area contributed by atoms with Crippen LogP contribution in [0.2, 0.25) is 0 Å². The van der Waals surface area contributed by atoms with Crippen molar-refractivity contribution in [2.24, 2.45) is 5.10 Å². The zero-order valence-corrected chi connectivity index (χ0v) is 17.3. The van der Waals surface area contributed by atoms with E-state index in [9.17, 15) is 9.18 Å². The molecule has 3 aromatic rings. The molecule has 1 unspecified atom stereocenters. The number of nitrogens with zero attached hydrogens (tertiary/aromatic N) is 4. The molecule has 1 fully saturated rings. The average Bonchev–Trinajstić information content (AvgIpc) is 3.18. The van der Waals surface area contributed by atoms with Gasteiger partial charge in [0.2, 0.25) is 0 Å². The van der Waals surface area contributed by atoms with E-state index < -0.39 is 0 Å². The lowest BCUT2D eigenvalue weighted by molar-refractivity contribution is 0.0592. The van der Waals surface area contributed by atoms with Crippen LogP contribution < -0.4 is 5.43 Å². The highest BCUT2D eigenvalue weighted by Gasteiger charge is 2.34. The van der Waals surface area contributed by atoms with E-state index >= 15 is 0 Å². The number of anilines is 1. The van der Waals surface area contributed by atoms with Gasteiger partial charge in [-0.05, 0) is 51.0 Å². The monoisotopic (exact) mass is 422 g/mol. The number of pyridine rings is 1. The molecule has 0 radical (unpaired) electrons. The zero-order valence-electron chi connectivity index (χ0n) is 17.3. The molecule has 9 heteroatoms. The number of amides is 1. The summed E-state index contributed by atoms with van der Waals surface area (Å²) in [5, 5.41) is 10.9. The van der Waals surface area contributed by atoms with Gasteiger partial charge in [0.05, 0.1) is 17.8 Å². The third-order valence-electron chi connectivity index (χ3n) is 5.43. The first-order chi connectivity index (χ1) is 15.0. The van der Waals surface area contributed by atoms with E-state index in [1.165, 1.54) is 18.3 Å². The van der Waals surface area contributed by atoms with Gasteiger partial charge in [0.1, 0.15) is 11.3 Å². The molecule has 1 aromatic carbocycles. The first-order valence-corrected chi connectivity index (χ1v) is 10.1. The number of carbonyl (C=O) groups is 1. The van der Waals surface area contributed by atoms with E-state index in [-0.39, 0.29) is 29.4 Å². The average molecular weight is 422 g/mol. The molecule has 8 nitrogen and oxygen atoms in total. The Hall–Kier alpha value is -3.62. The molecule has 3 heterocycles. The summed E-state index contributed by atoms with van der Waals surface area (Å²) in [6.07, 6.45) is 3.92. The second kappa shape index (κ2) is 8.63. The van der Waals surface area contributed by atoms with E-state index in [0.717, 1.165) is 19.1 Å². The van der Waals surface area contributed by atoms with Gasteiger partial charge in [0, 0.05) is 30.6 Å². The number of halogens is 1. The Kier molecular flexibility index (Phi) is 5.75. The standard InChI is InChI=1S/C22H23FN6O2/c1-13-3-7-18(28-25-10-9-24)20(26-13)22(30)29-12-15(5-4-14(29)2)21-27-17-8-6-16(23)11-19(17)31-21/h3,6-11,14-15,24,28H,4-5,12H2,1-2H3/b24-9?,25-10-/t14-,15?/m1/s1. The van der Waals surface area contributed by atoms with Crippen LogP contribution in [-0.4, -0.2) is 45.8 Å². The van der Waals surface area contributed by atoms with Gasteiger partial charge in [-0.3, -0.25) is 10.2 Å². The highest BCUT2D eigenvalue weighted by atomic mass is 19.1. The van der Waals surface area contributed by atoms with Crippen molar-refractivity contribution in [2.75, 3.05) is 12.0 Å². The van der Waals surface area contributed by atoms with Crippen molar-refractivity contribution in [3.05, 3.63) is 53.4 Å². The van der Waals surface area contributed by atoms with Crippen LogP contribution in [0.15, 0.2) is 39.9 Å². The second-order valence-corrected chi connectivity index (χ2v) is 7.65. The number of aryl methyl sites for hydroxylation is 1. The summed E-state index contributed by atoms with van der Waals surface area (Å²) in [5.74, 6) is -0.166. The van der Waals surface area contributed by atoms with Gasteiger partial charge in [0.15, 0.2) is 17.2 Å². The fourth-order valence-electron chi connectivity index (χ4n) is 3.77. The molecule has 1 saturated heterocycles. The number of piperidine rings is 1. The van der Waals surface area contributed by atoms with E-state index in [2.05, 4.69) is 20.5 Å². The number of aromatic nitrogens is 2. The van der Waals surface area contributed by atoms with Gasteiger partial charge in [-0.1, -0.05) is 0 Å². The molecule has 0 aliphatic carbocycles. The minimum Gasteiger partial charge on any atom is -0.440 e. The van der Waals surface area contributed by atoms with Crippen molar-refractivity contribution in [1.82, 2.24) is 14.9 Å². The minimum absolute atomic E-state index is 0.0193. The first-order valence-electron chi connectivity index (χ1n) is 10.1. The lowest BCUT2D eigenvalue weighted by Gasteiger charge is -2.37. The molecular weight excluding hydrogens is 399 g/mol. The number of hydrazone groups is 1. The Labute approximate surface area is 178 Å². The Morgan fingerprint density at radius 1 is 1.32 bits per heavy atom. The largest absolute Gasteiger partial charge is 0.440 e. The number of fused-ring (bicyclic) bond motifs is 1. The maximum atomic E-state index is 13.5. The summed E-state index contributed by atoms with van der Waals surface area (Å²) in [6.45, 7) is 4.25. The third-order valence-corrected chi connectivity index (χ3v) is 5.43.